The van der Waals surface area contributed by atoms with Crippen molar-refractivity contribution in [2.24, 2.45) is 0 Å². The van der Waals surface area contributed by atoms with Gasteiger partial charge in [-0.05, 0) is 43.5 Å². The van der Waals surface area contributed by atoms with Crippen LogP contribution in [-0.2, 0) is 6.54 Å². The summed E-state index contributed by atoms with van der Waals surface area (Å²) in [6, 6.07) is 7.53. The molecule has 2 rings (SSSR count). The van der Waals surface area contributed by atoms with Crippen LogP contribution in [0.1, 0.15) is 22.3 Å². The molecule has 0 aliphatic rings. The first-order valence-corrected chi connectivity index (χ1v) is 6.63. The molecule has 0 saturated carbocycles. The second kappa shape index (κ2) is 5.91. The van der Waals surface area contributed by atoms with Gasteiger partial charge in [-0.2, -0.15) is 0 Å². The molecule has 4 nitrogen and oxygen atoms in total. The Bertz CT molecular complexity index is 676. The van der Waals surface area contributed by atoms with Crippen molar-refractivity contribution < 1.29 is 9.31 Å². The third-order valence-corrected chi connectivity index (χ3v) is 3.45. The molecule has 0 heterocycles. The van der Waals surface area contributed by atoms with Gasteiger partial charge in [-0.1, -0.05) is 17.7 Å². The van der Waals surface area contributed by atoms with Gasteiger partial charge in [0.05, 0.1) is 4.92 Å². The quantitative estimate of drug-likeness (QED) is 0.675. The Morgan fingerprint density at radius 1 is 1.14 bits per heavy atom. The van der Waals surface area contributed by atoms with Gasteiger partial charge in [0.2, 0.25) is 0 Å². The highest BCUT2D eigenvalue weighted by atomic mass is 19.1. The third-order valence-electron chi connectivity index (χ3n) is 3.45. The summed E-state index contributed by atoms with van der Waals surface area (Å²) in [6.45, 7) is 6.44. The number of hydrogen-bond acceptors (Lipinski definition) is 3. The van der Waals surface area contributed by atoms with Crippen LogP contribution >= 0.6 is 0 Å². The van der Waals surface area contributed by atoms with Gasteiger partial charge in [-0.25, -0.2) is 4.39 Å². The van der Waals surface area contributed by atoms with Gasteiger partial charge >= 0.3 is 0 Å². The Kier molecular flexibility index (Phi) is 4.21. The summed E-state index contributed by atoms with van der Waals surface area (Å²) in [5.74, 6) is -0.500. The molecule has 0 aliphatic carbocycles. The first-order valence-electron chi connectivity index (χ1n) is 6.63. The lowest BCUT2D eigenvalue weighted by atomic mass is 10.00. The fourth-order valence-corrected chi connectivity index (χ4v) is 2.48. The average Bonchev–Trinajstić information content (AvgIpc) is 2.37. The van der Waals surface area contributed by atoms with E-state index in [1.807, 2.05) is 20.8 Å². The van der Waals surface area contributed by atoms with E-state index in [0.29, 0.717) is 6.54 Å². The third kappa shape index (κ3) is 3.37. The molecule has 5 heteroatoms. The Hall–Kier alpha value is -2.43. The fourth-order valence-electron chi connectivity index (χ4n) is 2.48. The summed E-state index contributed by atoms with van der Waals surface area (Å²) < 4.78 is 13.3. The van der Waals surface area contributed by atoms with Gasteiger partial charge in [0.15, 0.2) is 0 Å². The highest BCUT2D eigenvalue weighted by molar-refractivity contribution is 5.61. The number of nitro groups is 1. The van der Waals surface area contributed by atoms with E-state index in [4.69, 9.17) is 0 Å². The van der Waals surface area contributed by atoms with E-state index in [0.717, 1.165) is 28.8 Å². The fraction of sp³-hybridized carbons (Fsp3) is 0.250. The second-order valence-corrected chi connectivity index (χ2v) is 5.15. The molecule has 0 aromatic heterocycles. The van der Waals surface area contributed by atoms with Crippen molar-refractivity contribution in [3.8, 4) is 0 Å². The molecule has 1 N–H and O–H groups in total. The van der Waals surface area contributed by atoms with E-state index >= 15 is 0 Å². The highest BCUT2D eigenvalue weighted by Gasteiger charge is 2.14. The van der Waals surface area contributed by atoms with Crippen LogP contribution in [0.15, 0.2) is 30.3 Å². The molecule has 0 radical (unpaired) electrons. The lowest BCUT2D eigenvalue weighted by Crippen LogP contribution is -2.06. The maximum Gasteiger partial charge on any atom is 0.292 e. The van der Waals surface area contributed by atoms with Crippen molar-refractivity contribution >= 4 is 11.4 Å². The van der Waals surface area contributed by atoms with Crippen molar-refractivity contribution in [2.45, 2.75) is 27.3 Å². The minimum absolute atomic E-state index is 0.126. The van der Waals surface area contributed by atoms with Crippen molar-refractivity contribution in [2.75, 3.05) is 5.32 Å². The van der Waals surface area contributed by atoms with Crippen LogP contribution < -0.4 is 5.32 Å². The molecular weight excluding hydrogens is 271 g/mol. The van der Waals surface area contributed by atoms with Crippen LogP contribution in [0, 0.1) is 36.7 Å². The summed E-state index contributed by atoms with van der Waals surface area (Å²) in [5.41, 5.74) is 4.53. The molecule has 0 amide bonds. The summed E-state index contributed by atoms with van der Waals surface area (Å²) in [5, 5.41) is 13.9. The highest BCUT2D eigenvalue weighted by Crippen LogP contribution is 2.26. The van der Waals surface area contributed by atoms with Crippen molar-refractivity contribution in [3.05, 3.63) is 68.5 Å². The van der Waals surface area contributed by atoms with E-state index in [9.17, 15) is 14.5 Å². The lowest BCUT2D eigenvalue weighted by molar-refractivity contribution is -0.384. The van der Waals surface area contributed by atoms with E-state index in [2.05, 4.69) is 17.4 Å². The first kappa shape index (κ1) is 15.0. The average molecular weight is 288 g/mol. The van der Waals surface area contributed by atoms with Crippen molar-refractivity contribution in [1.82, 2.24) is 0 Å². The SMILES string of the molecule is Cc1cc(C)c(CNc2cc(F)ccc2[N+](=O)[O-])c(C)c1. The molecule has 0 fully saturated rings. The minimum atomic E-state index is -0.517. The maximum absolute atomic E-state index is 13.3. The summed E-state index contributed by atoms with van der Waals surface area (Å²) >= 11 is 0. The van der Waals surface area contributed by atoms with E-state index in [1.54, 1.807) is 0 Å². The molecule has 2 aromatic rings. The molecule has 0 bridgehead atoms. The zero-order valence-corrected chi connectivity index (χ0v) is 12.2. The molecule has 0 atom stereocenters. The second-order valence-electron chi connectivity index (χ2n) is 5.15. The van der Waals surface area contributed by atoms with Gasteiger partial charge in [0.25, 0.3) is 5.69 Å². The number of nitrogens with zero attached hydrogens (tertiary/aromatic N) is 1. The first-order chi connectivity index (χ1) is 9.88. The normalized spacial score (nSPS) is 10.5. The van der Waals surface area contributed by atoms with Crippen LogP contribution in [0.2, 0.25) is 0 Å². The summed E-state index contributed by atoms with van der Waals surface area (Å²) in [4.78, 5) is 10.4. The molecule has 0 unspecified atom stereocenters. The number of aryl methyl sites for hydroxylation is 3. The van der Waals surface area contributed by atoms with Crippen molar-refractivity contribution in [1.29, 1.82) is 0 Å². The Balaban J connectivity index is 2.28. The molecule has 110 valence electrons. The van der Waals surface area contributed by atoms with E-state index in [1.165, 1.54) is 11.6 Å². The number of nitrogens with one attached hydrogen (secondary N) is 1. The van der Waals surface area contributed by atoms with Gasteiger partial charge in [-0.15, -0.1) is 0 Å². The standard InChI is InChI=1S/C16H17FN2O2/c1-10-6-11(2)14(12(3)7-10)9-18-15-8-13(17)4-5-16(15)19(20)21/h4-8,18H,9H2,1-3H3. The maximum atomic E-state index is 13.3. The smallest absolute Gasteiger partial charge is 0.292 e. The molecule has 2 aromatic carbocycles. The van der Waals surface area contributed by atoms with E-state index in [-0.39, 0.29) is 11.4 Å². The summed E-state index contributed by atoms with van der Waals surface area (Å²) in [6.07, 6.45) is 0. The predicted octanol–water partition coefficient (Wildman–Crippen LogP) is 4.27. The molecule has 0 saturated heterocycles. The Morgan fingerprint density at radius 2 is 1.76 bits per heavy atom. The monoisotopic (exact) mass is 288 g/mol. The van der Waals surface area contributed by atoms with Crippen LogP contribution in [0.25, 0.3) is 0 Å². The van der Waals surface area contributed by atoms with Gasteiger partial charge < -0.3 is 5.32 Å². The largest absolute Gasteiger partial charge is 0.375 e. The van der Waals surface area contributed by atoms with Gasteiger partial charge in [0.1, 0.15) is 11.5 Å². The number of anilines is 1. The zero-order chi connectivity index (χ0) is 15.6. The van der Waals surface area contributed by atoms with Crippen LogP contribution in [0.5, 0.6) is 0 Å². The minimum Gasteiger partial charge on any atom is -0.375 e. The van der Waals surface area contributed by atoms with Crippen LogP contribution in [0.4, 0.5) is 15.8 Å². The zero-order valence-electron chi connectivity index (χ0n) is 12.2. The number of halogens is 1. The number of nitro benzene ring substituents is 1. The van der Waals surface area contributed by atoms with Crippen LogP contribution in [0.3, 0.4) is 0 Å². The lowest BCUT2D eigenvalue weighted by Gasteiger charge is -2.13. The molecule has 21 heavy (non-hydrogen) atoms. The van der Waals surface area contributed by atoms with E-state index < -0.39 is 10.7 Å². The Morgan fingerprint density at radius 3 is 2.33 bits per heavy atom. The Labute approximate surface area is 122 Å². The molecule has 0 aliphatic heterocycles. The summed E-state index contributed by atoms with van der Waals surface area (Å²) in [7, 11) is 0. The number of benzene rings is 2. The topological polar surface area (TPSA) is 55.2 Å². The molecular formula is C16H17FN2O2. The van der Waals surface area contributed by atoms with Gasteiger partial charge in [0, 0.05) is 18.7 Å². The predicted molar refractivity (Wildman–Crippen MR) is 81.0 cm³/mol. The number of hydrogen-bond donors (Lipinski definition) is 1. The van der Waals surface area contributed by atoms with Crippen LogP contribution in [-0.4, -0.2) is 4.92 Å². The van der Waals surface area contributed by atoms with Crippen molar-refractivity contribution in [3.63, 3.8) is 0 Å². The number of rotatable bonds is 4. The molecule has 0 spiro atoms. The van der Waals surface area contributed by atoms with Gasteiger partial charge in [-0.3, -0.25) is 10.1 Å².